The van der Waals surface area contributed by atoms with Crippen LogP contribution in [0.4, 0.5) is 0 Å². The number of ether oxygens (including phenoxy) is 1. The van der Waals surface area contributed by atoms with Gasteiger partial charge in [0, 0.05) is 15.4 Å². The van der Waals surface area contributed by atoms with Crippen molar-refractivity contribution in [3.8, 4) is 5.75 Å². The van der Waals surface area contributed by atoms with Crippen LogP contribution >= 0.6 is 31.9 Å². The van der Waals surface area contributed by atoms with Crippen molar-refractivity contribution in [1.82, 2.24) is 0 Å². The Hall–Kier alpha value is -0.840. The van der Waals surface area contributed by atoms with Crippen LogP contribution < -0.4 is 4.74 Å². The summed E-state index contributed by atoms with van der Waals surface area (Å²) >= 11 is 7.01. The highest BCUT2D eigenvalue weighted by atomic mass is 79.9. The summed E-state index contributed by atoms with van der Waals surface area (Å²) in [7, 11) is 1.64. The minimum absolute atomic E-state index is 0.528. The van der Waals surface area contributed by atoms with Crippen LogP contribution in [0, 0.1) is 6.92 Å². The number of aliphatic hydroxyl groups is 1. The van der Waals surface area contributed by atoms with E-state index < -0.39 is 6.10 Å². The summed E-state index contributed by atoms with van der Waals surface area (Å²) in [5, 5.41) is 10.5. The molecule has 0 aromatic heterocycles. The molecule has 0 aliphatic heterocycles. The fourth-order valence-corrected chi connectivity index (χ4v) is 2.99. The number of aliphatic hydroxyl groups excluding tert-OH is 1. The molecule has 2 aromatic carbocycles. The van der Waals surface area contributed by atoms with E-state index in [-0.39, 0.29) is 0 Å². The molecule has 2 aromatic rings. The van der Waals surface area contributed by atoms with Gasteiger partial charge in [0.1, 0.15) is 5.75 Å². The largest absolute Gasteiger partial charge is 0.497 e. The summed E-state index contributed by atoms with van der Waals surface area (Å²) in [6.07, 6.45) is -0.0347. The smallest absolute Gasteiger partial charge is 0.119 e. The molecule has 0 aliphatic rings. The average Bonchev–Trinajstić information content (AvgIpc) is 2.43. The molecule has 2 rings (SSSR count). The monoisotopic (exact) mass is 398 g/mol. The van der Waals surface area contributed by atoms with E-state index in [2.05, 4.69) is 31.9 Å². The zero-order valence-corrected chi connectivity index (χ0v) is 14.5. The molecule has 1 atom stereocenters. The maximum absolute atomic E-state index is 10.5. The normalized spacial score (nSPS) is 12.2. The lowest BCUT2D eigenvalue weighted by Crippen LogP contribution is -2.04. The van der Waals surface area contributed by atoms with Gasteiger partial charge < -0.3 is 9.84 Å². The third-order valence-electron chi connectivity index (χ3n) is 3.18. The quantitative estimate of drug-likeness (QED) is 0.799. The maximum atomic E-state index is 10.5. The summed E-state index contributed by atoms with van der Waals surface area (Å²) in [5.41, 5.74) is 3.05. The third-order valence-corrected chi connectivity index (χ3v) is 4.67. The predicted octanol–water partition coefficient (Wildman–Crippen LogP) is 4.80. The molecule has 0 radical (unpaired) electrons. The van der Waals surface area contributed by atoms with E-state index >= 15 is 0 Å². The van der Waals surface area contributed by atoms with E-state index in [4.69, 9.17) is 4.74 Å². The van der Waals surface area contributed by atoms with Gasteiger partial charge in [-0.05, 0) is 42.3 Å². The Morgan fingerprint density at radius 1 is 1.10 bits per heavy atom. The van der Waals surface area contributed by atoms with Crippen LogP contribution in [-0.2, 0) is 6.42 Å². The number of hydrogen-bond donors (Lipinski definition) is 1. The SMILES string of the molecule is COc1ccc(Br)c(CC(O)c2cc(C)ccc2Br)c1. The van der Waals surface area contributed by atoms with Gasteiger partial charge in [0.15, 0.2) is 0 Å². The molecule has 0 spiro atoms. The average molecular weight is 400 g/mol. The van der Waals surface area contributed by atoms with E-state index in [0.29, 0.717) is 6.42 Å². The first-order chi connectivity index (χ1) is 9.51. The number of methoxy groups -OCH3 is 1. The van der Waals surface area contributed by atoms with Crippen molar-refractivity contribution in [3.05, 3.63) is 62.0 Å². The van der Waals surface area contributed by atoms with Gasteiger partial charge in [-0.25, -0.2) is 0 Å². The minimum atomic E-state index is -0.562. The third kappa shape index (κ3) is 3.62. The van der Waals surface area contributed by atoms with Gasteiger partial charge in [0.25, 0.3) is 0 Å². The van der Waals surface area contributed by atoms with Crippen LogP contribution in [0.1, 0.15) is 22.8 Å². The van der Waals surface area contributed by atoms with Crippen LogP contribution in [0.3, 0.4) is 0 Å². The highest BCUT2D eigenvalue weighted by Gasteiger charge is 2.14. The maximum Gasteiger partial charge on any atom is 0.119 e. The van der Waals surface area contributed by atoms with Gasteiger partial charge in [-0.1, -0.05) is 49.6 Å². The van der Waals surface area contributed by atoms with Gasteiger partial charge in [-0.2, -0.15) is 0 Å². The second kappa shape index (κ2) is 6.74. The van der Waals surface area contributed by atoms with Crippen LogP contribution in [-0.4, -0.2) is 12.2 Å². The Morgan fingerprint density at radius 3 is 2.50 bits per heavy atom. The van der Waals surface area contributed by atoms with Crippen LogP contribution in [0.25, 0.3) is 0 Å². The number of benzene rings is 2. The Bertz CT molecular complexity index is 611. The topological polar surface area (TPSA) is 29.5 Å². The molecule has 0 heterocycles. The zero-order chi connectivity index (χ0) is 14.7. The first kappa shape index (κ1) is 15.5. The Morgan fingerprint density at radius 2 is 1.80 bits per heavy atom. The van der Waals surface area contributed by atoms with Crippen molar-refractivity contribution in [3.63, 3.8) is 0 Å². The summed E-state index contributed by atoms with van der Waals surface area (Å²) in [5.74, 6) is 0.790. The van der Waals surface area contributed by atoms with E-state index in [1.807, 2.05) is 43.3 Å². The van der Waals surface area contributed by atoms with Crippen molar-refractivity contribution < 1.29 is 9.84 Å². The molecule has 0 aliphatic carbocycles. The van der Waals surface area contributed by atoms with Gasteiger partial charge in [-0.3, -0.25) is 0 Å². The standard InChI is InChI=1S/C16H16Br2O2/c1-10-3-5-15(18)13(7-10)16(19)9-11-8-12(20-2)4-6-14(11)17/h3-8,16,19H,9H2,1-2H3. The van der Waals surface area contributed by atoms with E-state index in [1.165, 1.54) is 0 Å². The molecule has 1 unspecified atom stereocenters. The van der Waals surface area contributed by atoms with Crippen molar-refractivity contribution >= 4 is 31.9 Å². The predicted molar refractivity (Wildman–Crippen MR) is 88.2 cm³/mol. The molecule has 2 nitrogen and oxygen atoms in total. The van der Waals surface area contributed by atoms with E-state index in [0.717, 1.165) is 31.4 Å². The molecule has 20 heavy (non-hydrogen) atoms. The molecule has 0 bridgehead atoms. The first-order valence-corrected chi connectivity index (χ1v) is 7.86. The molecule has 0 amide bonds. The highest BCUT2D eigenvalue weighted by molar-refractivity contribution is 9.10. The molecule has 0 saturated carbocycles. The first-order valence-electron chi connectivity index (χ1n) is 6.28. The molecule has 1 N–H and O–H groups in total. The zero-order valence-electron chi connectivity index (χ0n) is 11.4. The lowest BCUT2D eigenvalue weighted by molar-refractivity contribution is 0.177. The Balaban J connectivity index is 2.27. The second-order valence-corrected chi connectivity index (χ2v) is 6.41. The van der Waals surface area contributed by atoms with Crippen LogP contribution in [0.15, 0.2) is 45.3 Å². The Labute approximate surface area is 136 Å². The number of halogens is 2. The summed E-state index contributed by atoms with van der Waals surface area (Å²) in [6.45, 7) is 2.02. The fraction of sp³-hybridized carbons (Fsp3) is 0.250. The van der Waals surface area contributed by atoms with Gasteiger partial charge in [-0.15, -0.1) is 0 Å². The van der Waals surface area contributed by atoms with Gasteiger partial charge >= 0.3 is 0 Å². The highest BCUT2D eigenvalue weighted by Crippen LogP contribution is 2.30. The summed E-state index contributed by atoms with van der Waals surface area (Å²) in [4.78, 5) is 0. The van der Waals surface area contributed by atoms with Crippen LogP contribution in [0.2, 0.25) is 0 Å². The number of aryl methyl sites for hydroxylation is 1. The number of rotatable bonds is 4. The van der Waals surface area contributed by atoms with Crippen LogP contribution in [0.5, 0.6) is 5.75 Å². The summed E-state index contributed by atoms with van der Waals surface area (Å²) < 4.78 is 7.13. The number of hydrogen-bond acceptors (Lipinski definition) is 2. The van der Waals surface area contributed by atoms with Gasteiger partial charge in [0.2, 0.25) is 0 Å². The Kier molecular flexibility index (Phi) is 5.24. The lowest BCUT2D eigenvalue weighted by Gasteiger charge is -2.15. The van der Waals surface area contributed by atoms with Crippen molar-refractivity contribution in [2.45, 2.75) is 19.4 Å². The molecular weight excluding hydrogens is 384 g/mol. The molecular formula is C16H16Br2O2. The lowest BCUT2D eigenvalue weighted by atomic mass is 10.00. The molecule has 0 saturated heterocycles. The fourth-order valence-electron chi connectivity index (χ4n) is 2.07. The van der Waals surface area contributed by atoms with Crippen molar-refractivity contribution in [2.24, 2.45) is 0 Å². The van der Waals surface area contributed by atoms with E-state index in [9.17, 15) is 5.11 Å². The van der Waals surface area contributed by atoms with E-state index in [1.54, 1.807) is 7.11 Å². The molecule has 106 valence electrons. The van der Waals surface area contributed by atoms with Crippen molar-refractivity contribution in [2.75, 3.05) is 7.11 Å². The minimum Gasteiger partial charge on any atom is -0.497 e. The second-order valence-electron chi connectivity index (χ2n) is 4.70. The molecule has 4 heteroatoms. The van der Waals surface area contributed by atoms with Crippen molar-refractivity contribution in [1.29, 1.82) is 0 Å². The molecule has 0 fully saturated rings. The summed E-state index contributed by atoms with van der Waals surface area (Å²) in [6, 6.07) is 11.8. The van der Waals surface area contributed by atoms with Gasteiger partial charge in [0.05, 0.1) is 13.2 Å².